The van der Waals surface area contributed by atoms with Crippen molar-refractivity contribution in [3.8, 4) is 5.75 Å². The largest absolute Gasteiger partial charge is 0.487 e. The minimum Gasteiger partial charge on any atom is -0.487 e. The molecule has 0 fully saturated rings. The van der Waals surface area contributed by atoms with Gasteiger partial charge in [0, 0.05) is 5.56 Å². The fraction of sp³-hybridized carbons (Fsp3) is 0.0833. The van der Waals surface area contributed by atoms with Crippen molar-refractivity contribution < 1.29 is 14.6 Å². The fourth-order valence-electron chi connectivity index (χ4n) is 1.29. The maximum atomic E-state index is 10.7. The molecular weight excluding hydrogens is 260 g/mol. The summed E-state index contributed by atoms with van der Waals surface area (Å²) in [6.07, 6.45) is 0. The number of thiophene rings is 1. The lowest BCUT2D eigenvalue weighted by molar-refractivity contribution is 0.0702. The Morgan fingerprint density at radius 1 is 1.41 bits per heavy atom. The van der Waals surface area contributed by atoms with Gasteiger partial charge in [0.1, 0.15) is 17.2 Å². The molecule has 88 valence electrons. The van der Waals surface area contributed by atoms with Crippen molar-refractivity contribution in [1.82, 2.24) is 0 Å². The Kier molecular flexibility index (Phi) is 3.66. The summed E-state index contributed by atoms with van der Waals surface area (Å²) in [4.78, 5) is 11.0. The quantitative estimate of drug-likeness (QED) is 0.920. The van der Waals surface area contributed by atoms with Gasteiger partial charge in [-0.05, 0) is 23.6 Å². The highest BCUT2D eigenvalue weighted by Gasteiger charge is 2.07. The standard InChI is InChI=1S/C12H9ClO3S/c13-9-3-1-2-4-10(9)16-6-8-5-11(12(14)15)17-7-8/h1-5,7H,6H2,(H,14,15). The zero-order chi connectivity index (χ0) is 12.3. The van der Waals surface area contributed by atoms with Crippen molar-refractivity contribution in [2.45, 2.75) is 6.61 Å². The predicted octanol–water partition coefficient (Wildman–Crippen LogP) is 3.68. The zero-order valence-electron chi connectivity index (χ0n) is 8.72. The molecule has 0 unspecified atom stereocenters. The van der Waals surface area contributed by atoms with E-state index in [1.54, 1.807) is 23.6 Å². The number of carboxylic acids is 1. The Morgan fingerprint density at radius 2 is 2.18 bits per heavy atom. The minimum atomic E-state index is -0.918. The molecule has 2 aromatic rings. The van der Waals surface area contributed by atoms with E-state index in [-0.39, 0.29) is 0 Å². The Hall–Kier alpha value is -1.52. The van der Waals surface area contributed by atoms with Crippen LogP contribution in [-0.4, -0.2) is 11.1 Å². The highest BCUT2D eigenvalue weighted by atomic mass is 35.5. The Labute approximate surface area is 107 Å². The maximum absolute atomic E-state index is 10.7. The summed E-state index contributed by atoms with van der Waals surface area (Å²) < 4.78 is 5.50. The van der Waals surface area contributed by atoms with Crippen LogP contribution in [0.5, 0.6) is 5.75 Å². The van der Waals surface area contributed by atoms with E-state index in [4.69, 9.17) is 21.4 Å². The van der Waals surface area contributed by atoms with Gasteiger partial charge in [-0.2, -0.15) is 0 Å². The van der Waals surface area contributed by atoms with E-state index in [9.17, 15) is 4.79 Å². The normalized spacial score (nSPS) is 10.2. The third kappa shape index (κ3) is 2.99. The summed E-state index contributed by atoms with van der Waals surface area (Å²) in [7, 11) is 0. The Morgan fingerprint density at radius 3 is 2.82 bits per heavy atom. The molecule has 0 saturated heterocycles. The third-order valence-electron chi connectivity index (χ3n) is 2.10. The number of benzene rings is 1. The van der Waals surface area contributed by atoms with E-state index in [2.05, 4.69) is 0 Å². The molecule has 0 saturated carbocycles. The van der Waals surface area contributed by atoms with Crippen molar-refractivity contribution >= 4 is 28.9 Å². The van der Waals surface area contributed by atoms with Crippen LogP contribution in [0.3, 0.4) is 0 Å². The zero-order valence-corrected chi connectivity index (χ0v) is 10.3. The first-order valence-electron chi connectivity index (χ1n) is 4.85. The molecule has 0 radical (unpaired) electrons. The van der Waals surface area contributed by atoms with Gasteiger partial charge < -0.3 is 9.84 Å². The maximum Gasteiger partial charge on any atom is 0.345 e. The van der Waals surface area contributed by atoms with Gasteiger partial charge in [0.15, 0.2) is 0 Å². The molecule has 3 nitrogen and oxygen atoms in total. The molecule has 1 aromatic heterocycles. The van der Waals surface area contributed by atoms with Gasteiger partial charge >= 0.3 is 5.97 Å². The monoisotopic (exact) mass is 268 g/mol. The summed E-state index contributed by atoms with van der Waals surface area (Å²) in [5, 5.41) is 11.1. The molecule has 1 N–H and O–H groups in total. The van der Waals surface area contributed by atoms with Gasteiger partial charge in [0.25, 0.3) is 0 Å². The van der Waals surface area contributed by atoms with Gasteiger partial charge in [-0.1, -0.05) is 23.7 Å². The van der Waals surface area contributed by atoms with Crippen molar-refractivity contribution in [3.05, 3.63) is 51.2 Å². The molecule has 1 aromatic carbocycles. The lowest BCUT2D eigenvalue weighted by atomic mass is 10.3. The van der Waals surface area contributed by atoms with E-state index in [0.29, 0.717) is 22.3 Å². The minimum absolute atomic E-state index is 0.308. The van der Waals surface area contributed by atoms with Gasteiger partial charge in [-0.3, -0.25) is 0 Å². The summed E-state index contributed by atoms with van der Waals surface area (Å²) in [6.45, 7) is 0.313. The highest BCUT2D eigenvalue weighted by Crippen LogP contribution is 2.24. The summed E-state index contributed by atoms with van der Waals surface area (Å²) in [5.74, 6) is -0.323. The smallest absolute Gasteiger partial charge is 0.345 e. The summed E-state index contributed by atoms with van der Waals surface area (Å²) in [6, 6.07) is 8.77. The van der Waals surface area contributed by atoms with Crippen LogP contribution in [-0.2, 0) is 6.61 Å². The van der Waals surface area contributed by atoms with Crippen LogP contribution in [0.15, 0.2) is 35.7 Å². The second kappa shape index (κ2) is 5.21. The molecule has 0 amide bonds. The number of para-hydroxylation sites is 1. The number of carboxylic acid groups (broad SMARTS) is 1. The number of rotatable bonds is 4. The summed E-state index contributed by atoms with van der Waals surface area (Å²) >= 11 is 7.11. The second-order valence-corrected chi connectivity index (χ2v) is 4.66. The fourth-order valence-corrected chi connectivity index (χ4v) is 2.21. The van der Waals surface area contributed by atoms with E-state index in [1.807, 2.05) is 12.1 Å². The van der Waals surface area contributed by atoms with Crippen molar-refractivity contribution in [2.24, 2.45) is 0 Å². The number of halogens is 1. The Balaban J connectivity index is 2.02. The molecule has 0 aliphatic heterocycles. The van der Waals surface area contributed by atoms with Crippen LogP contribution in [0, 0.1) is 0 Å². The first-order chi connectivity index (χ1) is 8.16. The molecule has 5 heteroatoms. The SMILES string of the molecule is O=C(O)c1cc(COc2ccccc2Cl)cs1. The van der Waals surface area contributed by atoms with Crippen molar-refractivity contribution in [3.63, 3.8) is 0 Å². The van der Waals surface area contributed by atoms with Crippen LogP contribution in [0.4, 0.5) is 0 Å². The molecule has 0 atom stereocenters. The number of aromatic carboxylic acids is 1. The molecule has 17 heavy (non-hydrogen) atoms. The molecule has 1 heterocycles. The molecular formula is C12H9ClO3S. The van der Waals surface area contributed by atoms with Crippen LogP contribution < -0.4 is 4.74 Å². The van der Waals surface area contributed by atoms with Gasteiger partial charge in [0.2, 0.25) is 0 Å². The molecule has 2 rings (SSSR count). The Bertz CT molecular complexity index is 536. The third-order valence-corrected chi connectivity index (χ3v) is 3.37. The molecule has 0 spiro atoms. The van der Waals surface area contributed by atoms with Crippen LogP contribution >= 0.6 is 22.9 Å². The van der Waals surface area contributed by atoms with E-state index in [0.717, 1.165) is 5.56 Å². The van der Waals surface area contributed by atoms with Gasteiger partial charge in [-0.15, -0.1) is 11.3 Å². The predicted molar refractivity (Wildman–Crippen MR) is 67.1 cm³/mol. The van der Waals surface area contributed by atoms with Crippen molar-refractivity contribution in [2.75, 3.05) is 0 Å². The van der Waals surface area contributed by atoms with Crippen LogP contribution in [0.25, 0.3) is 0 Å². The lowest BCUT2D eigenvalue weighted by Gasteiger charge is -2.05. The number of hydrogen-bond acceptors (Lipinski definition) is 3. The highest BCUT2D eigenvalue weighted by molar-refractivity contribution is 7.12. The number of carbonyl (C=O) groups is 1. The second-order valence-electron chi connectivity index (χ2n) is 3.34. The first kappa shape index (κ1) is 12.0. The average molecular weight is 269 g/mol. The lowest BCUT2D eigenvalue weighted by Crippen LogP contribution is -1.95. The van der Waals surface area contributed by atoms with Gasteiger partial charge in [-0.25, -0.2) is 4.79 Å². The van der Waals surface area contributed by atoms with Crippen LogP contribution in [0.1, 0.15) is 15.2 Å². The van der Waals surface area contributed by atoms with Crippen molar-refractivity contribution in [1.29, 1.82) is 0 Å². The molecule has 0 aliphatic carbocycles. The van der Waals surface area contributed by atoms with E-state index in [1.165, 1.54) is 11.3 Å². The van der Waals surface area contributed by atoms with E-state index >= 15 is 0 Å². The van der Waals surface area contributed by atoms with Gasteiger partial charge in [0.05, 0.1) is 5.02 Å². The first-order valence-corrected chi connectivity index (χ1v) is 6.10. The summed E-state index contributed by atoms with van der Waals surface area (Å²) in [5.41, 5.74) is 0.826. The van der Waals surface area contributed by atoms with E-state index < -0.39 is 5.97 Å². The molecule has 0 bridgehead atoms. The molecule has 0 aliphatic rings. The average Bonchev–Trinajstić information content (AvgIpc) is 2.77. The van der Waals surface area contributed by atoms with Crippen LogP contribution in [0.2, 0.25) is 5.02 Å². The number of ether oxygens (including phenoxy) is 1. The number of hydrogen-bond donors (Lipinski definition) is 1. The topological polar surface area (TPSA) is 46.5 Å².